The lowest BCUT2D eigenvalue weighted by atomic mass is 9.98. The van der Waals surface area contributed by atoms with Crippen LogP contribution in [0.3, 0.4) is 0 Å². The molecule has 0 atom stereocenters. The van der Waals surface area contributed by atoms with Gasteiger partial charge in [-0.25, -0.2) is 4.90 Å². The molecule has 94 valence electrons. The van der Waals surface area contributed by atoms with Crippen molar-refractivity contribution in [3.8, 4) is 0 Å². The lowest BCUT2D eigenvalue weighted by Crippen LogP contribution is -2.42. The molecule has 0 aromatic heterocycles. The van der Waals surface area contributed by atoms with E-state index in [-0.39, 0.29) is 18.2 Å². The van der Waals surface area contributed by atoms with Gasteiger partial charge >= 0.3 is 0 Å². The fourth-order valence-electron chi connectivity index (χ4n) is 2.29. The van der Waals surface area contributed by atoms with Gasteiger partial charge in [-0.15, -0.1) is 0 Å². The fraction of sp³-hybridized carbons (Fsp3) is 0.0667. The van der Waals surface area contributed by atoms with Crippen molar-refractivity contribution in [3.05, 3.63) is 59.7 Å². The quantitative estimate of drug-likeness (QED) is 0.623. The first-order valence-electron chi connectivity index (χ1n) is 5.98. The molecule has 0 radical (unpaired) electrons. The minimum atomic E-state index is -0.315. The molecule has 0 aliphatic carbocycles. The lowest BCUT2D eigenvalue weighted by Gasteiger charge is -2.27. The van der Waals surface area contributed by atoms with Crippen molar-refractivity contribution in [2.45, 2.75) is 6.42 Å². The van der Waals surface area contributed by atoms with E-state index >= 15 is 0 Å². The Morgan fingerprint density at radius 3 is 2.42 bits per heavy atom. The molecule has 3 rings (SSSR count). The molecule has 1 aliphatic heterocycles. The molecule has 19 heavy (non-hydrogen) atoms. The molecule has 0 fully saturated rings. The Labute approximate surface area is 110 Å². The monoisotopic (exact) mass is 252 g/mol. The van der Waals surface area contributed by atoms with E-state index in [0.717, 1.165) is 10.5 Å². The molecule has 2 aromatic carbocycles. The predicted molar refractivity (Wildman–Crippen MR) is 72.8 cm³/mol. The van der Waals surface area contributed by atoms with E-state index in [4.69, 9.17) is 5.73 Å². The average molecular weight is 252 g/mol. The van der Waals surface area contributed by atoms with Crippen LogP contribution < -0.4 is 10.6 Å². The highest BCUT2D eigenvalue weighted by molar-refractivity contribution is 6.25. The Morgan fingerprint density at radius 2 is 1.63 bits per heavy atom. The summed E-state index contributed by atoms with van der Waals surface area (Å²) in [5, 5.41) is 0. The summed E-state index contributed by atoms with van der Waals surface area (Å²) in [7, 11) is 0. The minimum absolute atomic E-state index is 0.218. The van der Waals surface area contributed by atoms with E-state index in [0.29, 0.717) is 16.9 Å². The van der Waals surface area contributed by atoms with Crippen molar-refractivity contribution >= 4 is 23.2 Å². The van der Waals surface area contributed by atoms with Gasteiger partial charge < -0.3 is 5.73 Å². The van der Waals surface area contributed by atoms with Gasteiger partial charge in [0.1, 0.15) is 0 Å². The third-order valence-electron chi connectivity index (χ3n) is 3.22. The summed E-state index contributed by atoms with van der Waals surface area (Å²) in [6.45, 7) is 0. The van der Waals surface area contributed by atoms with E-state index in [1.807, 2.05) is 6.07 Å². The zero-order valence-electron chi connectivity index (χ0n) is 10.2. The van der Waals surface area contributed by atoms with Crippen molar-refractivity contribution in [2.24, 2.45) is 0 Å². The molecular weight excluding hydrogens is 240 g/mol. The van der Waals surface area contributed by atoms with Gasteiger partial charge in [0.25, 0.3) is 5.91 Å². The zero-order valence-corrected chi connectivity index (χ0v) is 10.2. The SMILES string of the molecule is Nc1ccccc1N1C(=O)Cc2ccccc2C1=O. The summed E-state index contributed by atoms with van der Waals surface area (Å²) >= 11 is 0. The predicted octanol–water partition coefficient (Wildman–Crippen LogP) is 2.00. The number of benzene rings is 2. The first kappa shape index (κ1) is 11.5. The molecule has 2 amide bonds. The summed E-state index contributed by atoms with van der Waals surface area (Å²) in [6.07, 6.45) is 0.218. The standard InChI is InChI=1S/C15H12N2O2/c16-12-7-3-4-8-13(12)17-14(18)9-10-5-1-2-6-11(10)15(17)19/h1-8H,9,16H2. The maximum Gasteiger partial charge on any atom is 0.265 e. The van der Waals surface area contributed by atoms with Crippen LogP contribution in [0.1, 0.15) is 15.9 Å². The second kappa shape index (κ2) is 4.24. The number of hydrogen-bond donors (Lipinski definition) is 1. The molecule has 0 spiro atoms. The molecule has 0 saturated carbocycles. The number of carbonyl (C=O) groups excluding carboxylic acids is 2. The third-order valence-corrected chi connectivity index (χ3v) is 3.22. The molecule has 1 heterocycles. The number of carbonyl (C=O) groups is 2. The van der Waals surface area contributed by atoms with E-state index in [1.54, 1.807) is 42.5 Å². The van der Waals surface area contributed by atoms with Gasteiger partial charge in [-0.2, -0.15) is 0 Å². The number of fused-ring (bicyclic) bond motifs is 1. The number of rotatable bonds is 1. The molecule has 0 saturated heterocycles. The van der Waals surface area contributed by atoms with E-state index in [9.17, 15) is 9.59 Å². The highest BCUT2D eigenvalue weighted by Crippen LogP contribution is 2.29. The van der Waals surface area contributed by atoms with Gasteiger partial charge in [-0.05, 0) is 23.8 Å². The van der Waals surface area contributed by atoms with Gasteiger partial charge in [0.05, 0.1) is 17.8 Å². The summed E-state index contributed by atoms with van der Waals surface area (Å²) in [5.74, 6) is -0.564. The molecule has 4 nitrogen and oxygen atoms in total. The Kier molecular flexibility index (Phi) is 2.56. The molecule has 0 bridgehead atoms. The van der Waals surface area contributed by atoms with Crippen molar-refractivity contribution in [3.63, 3.8) is 0 Å². The minimum Gasteiger partial charge on any atom is -0.397 e. The van der Waals surface area contributed by atoms with Crippen LogP contribution in [0.15, 0.2) is 48.5 Å². The van der Waals surface area contributed by atoms with Crippen molar-refractivity contribution in [1.29, 1.82) is 0 Å². The Morgan fingerprint density at radius 1 is 0.947 bits per heavy atom. The molecule has 4 heteroatoms. The first-order valence-corrected chi connectivity index (χ1v) is 5.98. The van der Waals surface area contributed by atoms with Crippen molar-refractivity contribution < 1.29 is 9.59 Å². The van der Waals surface area contributed by atoms with Crippen LogP contribution in [0, 0.1) is 0 Å². The number of nitrogens with zero attached hydrogens (tertiary/aromatic N) is 1. The fourth-order valence-corrected chi connectivity index (χ4v) is 2.29. The second-order valence-electron chi connectivity index (χ2n) is 4.43. The van der Waals surface area contributed by atoms with E-state index in [1.165, 1.54) is 0 Å². The van der Waals surface area contributed by atoms with Gasteiger partial charge in [-0.1, -0.05) is 30.3 Å². The Bertz CT molecular complexity index is 679. The molecule has 2 aromatic rings. The molecule has 1 aliphatic rings. The first-order chi connectivity index (χ1) is 9.18. The zero-order chi connectivity index (χ0) is 13.4. The number of para-hydroxylation sites is 2. The summed E-state index contributed by atoms with van der Waals surface area (Å²) in [5.41, 5.74) is 8.05. The number of nitrogens with two attached hydrogens (primary N) is 1. The number of amides is 2. The topological polar surface area (TPSA) is 63.4 Å². The van der Waals surface area contributed by atoms with E-state index < -0.39 is 0 Å². The smallest absolute Gasteiger partial charge is 0.265 e. The Hall–Kier alpha value is -2.62. The van der Waals surface area contributed by atoms with Gasteiger partial charge in [-0.3, -0.25) is 9.59 Å². The van der Waals surface area contributed by atoms with Crippen molar-refractivity contribution in [2.75, 3.05) is 10.6 Å². The number of imide groups is 1. The summed E-state index contributed by atoms with van der Waals surface area (Å²) < 4.78 is 0. The summed E-state index contributed by atoms with van der Waals surface area (Å²) in [4.78, 5) is 25.8. The van der Waals surface area contributed by atoms with E-state index in [2.05, 4.69) is 0 Å². The number of hydrogen-bond acceptors (Lipinski definition) is 3. The normalized spacial score (nSPS) is 14.4. The molecular formula is C15H12N2O2. The van der Waals surface area contributed by atoms with Crippen molar-refractivity contribution in [1.82, 2.24) is 0 Å². The van der Waals surface area contributed by atoms with Crippen LogP contribution in [-0.4, -0.2) is 11.8 Å². The van der Waals surface area contributed by atoms with Crippen LogP contribution in [0.4, 0.5) is 11.4 Å². The van der Waals surface area contributed by atoms with Gasteiger partial charge in [0.2, 0.25) is 5.91 Å². The van der Waals surface area contributed by atoms with Crippen LogP contribution in [0.5, 0.6) is 0 Å². The van der Waals surface area contributed by atoms with Gasteiger partial charge in [0.15, 0.2) is 0 Å². The largest absolute Gasteiger partial charge is 0.397 e. The maximum atomic E-state index is 12.4. The number of nitrogen functional groups attached to an aromatic ring is 1. The average Bonchev–Trinajstić information content (AvgIpc) is 2.41. The summed E-state index contributed by atoms with van der Waals surface area (Å²) in [6, 6.07) is 14.0. The second-order valence-corrected chi connectivity index (χ2v) is 4.43. The van der Waals surface area contributed by atoms with Crippen LogP contribution in [-0.2, 0) is 11.2 Å². The van der Waals surface area contributed by atoms with Gasteiger partial charge in [0, 0.05) is 5.56 Å². The maximum absolute atomic E-state index is 12.4. The Balaban J connectivity index is 2.12. The highest BCUT2D eigenvalue weighted by atomic mass is 16.2. The molecule has 2 N–H and O–H groups in total. The highest BCUT2D eigenvalue weighted by Gasteiger charge is 2.32. The van der Waals surface area contributed by atoms with Crippen LogP contribution in [0.25, 0.3) is 0 Å². The lowest BCUT2D eigenvalue weighted by molar-refractivity contribution is -0.117. The van der Waals surface area contributed by atoms with Crippen LogP contribution >= 0.6 is 0 Å². The molecule has 0 unspecified atom stereocenters. The number of anilines is 2. The third kappa shape index (κ3) is 1.78. The van der Waals surface area contributed by atoms with Crippen LogP contribution in [0.2, 0.25) is 0 Å².